The summed E-state index contributed by atoms with van der Waals surface area (Å²) in [6, 6.07) is 12.3. The van der Waals surface area contributed by atoms with Crippen LogP contribution in [0.4, 0.5) is 15.9 Å². The molecule has 0 saturated carbocycles. The Balaban J connectivity index is 1.65. The molecule has 3 rings (SSSR count). The molecule has 5 heteroatoms. The second kappa shape index (κ2) is 6.10. The maximum atomic E-state index is 13.0. The van der Waals surface area contributed by atoms with E-state index in [1.807, 2.05) is 30.3 Å². The minimum atomic E-state index is -0.206. The predicted molar refractivity (Wildman–Crippen MR) is 81.0 cm³/mol. The molecule has 0 amide bonds. The molecule has 1 aliphatic rings. The number of rotatable bonds is 3. The Morgan fingerprint density at radius 2 is 1.62 bits per heavy atom. The summed E-state index contributed by atoms with van der Waals surface area (Å²) < 4.78 is 13.0. The summed E-state index contributed by atoms with van der Waals surface area (Å²) in [6.07, 6.45) is 0. The van der Waals surface area contributed by atoms with E-state index >= 15 is 0 Å². The third-order valence-corrected chi connectivity index (χ3v) is 3.75. The van der Waals surface area contributed by atoms with Crippen molar-refractivity contribution in [3.8, 4) is 0 Å². The van der Waals surface area contributed by atoms with Crippen LogP contribution in [0.15, 0.2) is 42.5 Å². The number of nitrogens with zero attached hydrogens (tertiary/aromatic N) is 3. The number of aromatic nitrogens is 1. The van der Waals surface area contributed by atoms with E-state index in [-0.39, 0.29) is 12.4 Å². The van der Waals surface area contributed by atoms with E-state index in [9.17, 15) is 4.39 Å². The van der Waals surface area contributed by atoms with Crippen molar-refractivity contribution in [3.05, 3.63) is 54.0 Å². The fourth-order valence-electron chi connectivity index (χ4n) is 2.58. The second-order valence-electron chi connectivity index (χ2n) is 5.10. The van der Waals surface area contributed by atoms with Crippen molar-refractivity contribution < 1.29 is 9.50 Å². The molecule has 0 spiro atoms. The minimum Gasteiger partial charge on any atom is -0.390 e. The molecule has 1 N–H and O–H groups in total. The lowest BCUT2D eigenvalue weighted by Gasteiger charge is -2.36. The number of anilines is 2. The SMILES string of the molecule is OCc1cccc(N2CCN(c3ccc(F)cc3)CC2)n1. The van der Waals surface area contributed by atoms with Gasteiger partial charge in [0.15, 0.2) is 0 Å². The molecule has 110 valence electrons. The van der Waals surface area contributed by atoms with Crippen LogP contribution in [0, 0.1) is 5.82 Å². The Bertz CT molecular complexity index is 595. The monoisotopic (exact) mass is 287 g/mol. The molecular formula is C16H18FN3O. The number of hydrogen-bond acceptors (Lipinski definition) is 4. The molecule has 21 heavy (non-hydrogen) atoms. The number of aliphatic hydroxyl groups excluding tert-OH is 1. The third-order valence-electron chi connectivity index (χ3n) is 3.75. The molecule has 0 unspecified atom stereocenters. The lowest BCUT2D eigenvalue weighted by molar-refractivity contribution is 0.277. The lowest BCUT2D eigenvalue weighted by atomic mass is 10.2. The molecule has 1 aromatic carbocycles. The molecule has 0 aliphatic carbocycles. The van der Waals surface area contributed by atoms with Crippen LogP contribution in [-0.4, -0.2) is 36.3 Å². The molecule has 2 aromatic rings. The highest BCUT2D eigenvalue weighted by molar-refractivity contribution is 5.49. The van der Waals surface area contributed by atoms with Crippen molar-refractivity contribution in [1.82, 2.24) is 4.98 Å². The first-order valence-corrected chi connectivity index (χ1v) is 7.08. The van der Waals surface area contributed by atoms with Crippen molar-refractivity contribution in [1.29, 1.82) is 0 Å². The van der Waals surface area contributed by atoms with Crippen molar-refractivity contribution in [3.63, 3.8) is 0 Å². The van der Waals surface area contributed by atoms with Crippen LogP contribution >= 0.6 is 0 Å². The molecule has 2 heterocycles. The van der Waals surface area contributed by atoms with E-state index in [1.54, 1.807) is 0 Å². The zero-order valence-electron chi connectivity index (χ0n) is 11.7. The first kappa shape index (κ1) is 13.8. The van der Waals surface area contributed by atoms with Gasteiger partial charge < -0.3 is 14.9 Å². The van der Waals surface area contributed by atoms with Gasteiger partial charge in [0, 0.05) is 31.9 Å². The summed E-state index contributed by atoms with van der Waals surface area (Å²) in [5, 5.41) is 9.15. The van der Waals surface area contributed by atoms with Crippen LogP contribution in [0.2, 0.25) is 0 Å². The first-order chi connectivity index (χ1) is 10.3. The van der Waals surface area contributed by atoms with Crippen LogP contribution in [0.25, 0.3) is 0 Å². The van der Waals surface area contributed by atoms with E-state index in [1.165, 1.54) is 12.1 Å². The summed E-state index contributed by atoms with van der Waals surface area (Å²) in [6.45, 7) is 3.43. The molecule has 4 nitrogen and oxygen atoms in total. The predicted octanol–water partition coefficient (Wildman–Crippen LogP) is 2.04. The Labute approximate surface area is 123 Å². The zero-order chi connectivity index (χ0) is 14.7. The summed E-state index contributed by atoms with van der Waals surface area (Å²) >= 11 is 0. The first-order valence-electron chi connectivity index (χ1n) is 7.08. The van der Waals surface area contributed by atoms with Crippen molar-refractivity contribution in [2.24, 2.45) is 0 Å². The van der Waals surface area contributed by atoms with Gasteiger partial charge in [0.2, 0.25) is 0 Å². The minimum absolute atomic E-state index is 0.0383. The highest BCUT2D eigenvalue weighted by atomic mass is 19.1. The van der Waals surface area contributed by atoms with Gasteiger partial charge in [-0.3, -0.25) is 0 Å². The fourth-order valence-corrected chi connectivity index (χ4v) is 2.58. The van der Waals surface area contributed by atoms with Gasteiger partial charge in [0.1, 0.15) is 11.6 Å². The number of aliphatic hydroxyl groups is 1. The van der Waals surface area contributed by atoms with E-state index in [0.717, 1.165) is 37.7 Å². The maximum Gasteiger partial charge on any atom is 0.129 e. The third kappa shape index (κ3) is 3.13. The number of piperazine rings is 1. The molecule has 1 saturated heterocycles. The average Bonchev–Trinajstić information content (AvgIpc) is 2.56. The van der Waals surface area contributed by atoms with Gasteiger partial charge in [-0.05, 0) is 36.4 Å². The molecular weight excluding hydrogens is 269 g/mol. The Morgan fingerprint density at radius 1 is 0.952 bits per heavy atom. The van der Waals surface area contributed by atoms with Crippen LogP contribution in [-0.2, 0) is 6.61 Å². The van der Waals surface area contributed by atoms with Gasteiger partial charge in [-0.2, -0.15) is 0 Å². The summed E-state index contributed by atoms with van der Waals surface area (Å²) in [7, 11) is 0. The van der Waals surface area contributed by atoms with Crippen molar-refractivity contribution in [2.45, 2.75) is 6.61 Å². The smallest absolute Gasteiger partial charge is 0.129 e. The topological polar surface area (TPSA) is 39.6 Å². The number of halogens is 1. The van der Waals surface area contributed by atoms with Gasteiger partial charge in [0.05, 0.1) is 12.3 Å². The highest BCUT2D eigenvalue weighted by Crippen LogP contribution is 2.19. The van der Waals surface area contributed by atoms with Gasteiger partial charge in [-0.1, -0.05) is 6.07 Å². The zero-order valence-corrected chi connectivity index (χ0v) is 11.7. The molecule has 0 atom stereocenters. The second-order valence-corrected chi connectivity index (χ2v) is 5.10. The Hall–Kier alpha value is -2.14. The average molecular weight is 287 g/mol. The van der Waals surface area contributed by atoms with E-state index in [0.29, 0.717) is 5.69 Å². The van der Waals surface area contributed by atoms with Gasteiger partial charge in [-0.15, -0.1) is 0 Å². The van der Waals surface area contributed by atoms with Gasteiger partial charge in [-0.25, -0.2) is 9.37 Å². The summed E-state index contributed by atoms with van der Waals surface area (Å²) in [5.41, 5.74) is 1.74. The number of hydrogen-bond donors (Lipinski definition) is 1. The molecule has 1 aliphatic heterocycles. The number of benzene rings is 1. The summed E-state index contributed by atoms with van der Waals surface area (Å²) in [5.74, 6) is 0.697. The van der Waals surface area contributed by atoms with E-state index < -0.39 is 0 Å². The molecule has 1 fully saturated rings. The van der Waals surface area contributed by atoms with Crippen LogP contribution in [0.3, 0.4) is 0 Å². The van der Waals surface area contributed by atoms with Crippen LogP contribution in [0.1, 0.15) is 5.69 Å². The van der Waals surface area contributed by atoms with E-state index in [2.05, 4.69) is 14.8 Å². The van der Waals surface area contributed by atoms with Gasteiger partial charge in [0.25, 0.3) is 0 Å². The molecule has 1 aromatic heterocycles. The molecule has 0 radical (unpaired) electrons. The van der Waals surface area contributed by atoms with Crippen LogP contribution < -0.4 is 9.80 Å². The Kier molecular flexibility index (Phi) is 4.01. The van der Waals surface area contributed by atoms with Crippen molar-refractivity contribution >= 4 is 11.5 Å². The standard InChI is InChI=1S/C16H18FN3O/c17-13-4-6-15(7-5-13)19-8-10-20(11-9-19)16-3-1-2-14(12-21)18-16/h1-7,21H,8-12H2. The highest BCUT2D eigenvalue weighted by Gasteiger charge is 2.18. The largest absolute Gasteiger partial charge is 0.390 e. The van der Waals surface area contributed by atoms with Crippen LogP contribution in [0.5, 0.6) is 0 Å². The number of pyridine rings is 1. The summed E-state index contributed by atoms with van der Waals surface area (Å²) in [4.78, 5) is 8.88. The fraction of sp³-hybridized carbons (Fsp3) is 0.312. The van der Waals surface area contributed by atoms with E-state index in [4.69, 9.17) is 5.11 Å². The van der Waals surface area contributed by atoms with Gasteiger partial charge >= 0.3 is 0 Å². The maximum absolute atomic E-state index is 13.0. The Morgan fingerprint density at radius 3 is 2.29 bits per heavy atom. The quantitative estimate of drug-likeness (QED) is 0.938. The normalized spacial score (nSPS) is 15.3. The molecule has 0 bridgehead atoms. The van der Waals surface area contributed by atoms with Crippen molar-refractivity contribution in [2.75, 3.05) is 36.0 Å². The lowest BCUT2D eigenvalue weighted by Crippen LogP contribution is -2.46.